The summed E-state index contributed by atoms with van der Waals surface area (Å²) in [6.45, 7) is 11.8. The Hall–Kier alpha value is -3.62. The molecule has 9 nitrogen and oxygen atoms in total. The third-order valence-electron chi connectivity index (χ3n) is 5.60. The number of ether oxygens (including phenoxy) is 4. The molecular weight excluding hydrogens is 466 g/mol. The van der Waals surface area contributed by atoms with Crippen molar-refractivity contribution >= 4 is 17.6 Å². The summed E-state index contributed by atoms with van der Waals surface area (Å²) in [7, 11) is 1.36. The fraction of sp³-hybridized carbons (Fsp3) is 0.481. The van der Waals surface area contributed by atoms with E-state index in [1.807, 2.05) is 39.8 Å². The lowest BCUT2D eigenvalue weighted by Gasteiger charge is -2.23. The molecule has 0 amide bonds. The third-order valence-corrected chi connectivity index (χ3v) is 5.60. The van der Waals surface area contributed by atoms with Gasteiger partial charge in [0.15, 0.2) is 5.92 Å². The highest BCUT2D eigenvalue weighted by atomic mass is 16.6. The highest BCUT2D eigenvalue weighted by Gasteiger charge is 2.31. The second-order valence-corrected chi connectivity index (χ2v) is 8.87. The third kappa shape index (κ3) is 6.96. The summed E-state index contributed by atoms with van der Waals surface area (Å²) in [5.74, 6) is -1.11. The van der Waals surface area contributed by atoms with E-state index in [2.05, 4.69) is 0 Å². The van der Waals surface area contributed by atoms with Crippen LogP contribution in [0.5, 0.6) is 17.2 Å². The van der Waals surface area contributed by atoms with E-state index in [1.165, 1.54) is 25.3 Å². The molecule has 0 atom stereocenters. The van der Waals surface area contributed by atoms with E-state index in [0.29, 0.717) is 11.5 Å². The lowest BCUT2D eigenvalue weighted by molar-refractivity contribution is -0.385. The predicted molar refractivity (Wildman–Crippen MR) is 135 cm³/mol. The normalized spacial score (nSPS) is 11.1. The maximum Gasteiger partial charge on any atom is 0.320 e. The van der Waals surface area contributed by atoms with Crippen LogP contribution in [0, 0.1) is 16.0 Å². The van der Waals surface area contributed by atoms with Crippen LogP contribution < -0.4 is 9.47 Å². The highest BCUT2D eigenvalue weighted by molar-refractivity contribution is 5.95. The molecule has 2 rings (SSSR count). The van der Waals surface area contributed by atoms with E-state index in [4.69, 9.17) is 18.9 Å². The number of carbonyl (C=O) groups is 2. The van der Waals surface area contributed by atoms with E-state index in [9.17, 15) is 19.7 Å². The SMILES string of the molecule is CCOC(=O)C(Cc1cc(C(C)C)c(Oc2ccc([N+](=O)[O-])c(OC)c2)c(C(C)C)c1)C(=O)OCC. The molecule has 0 saturated carbocycles. The van der Waals surface area contributed by atoms with Gasteiger partial charge >= 0.3 is 17.6 Å². The van der Waals surface area contributed by atoms with Gasteiger partial charge in [0, 0.05) is 12.1 Å². The molecule has 0 N–H and O–H groups in total. The van der Waals surface area contributed by atoms with Crippen molar-refractivity contribution in [2.75, 3.05) is 20.3 Å². The monoisotopic (exact) mass is 501 g/mol. The number of hydrogen-bond donors (Lipinski definition) is 0. The van der Waals surface area contributed by atoms with Crippen LogP contribution in [0.4, 0.5) is 5.69 Å². The fourth-order valence-corrected chi connectivity index (χ4v) is 3.81. The van der Waals surface area contributed by atoms with Gasteiger partial charge in [0.2, 0.25) is 5.75 Å². The maximum atomic E-state index is 12.5. The Morgan fingerprint density at radius 1 is 0.917 bits per heavy atom. The Morgan fingerprint density at radius 3 is 1.86 bits per heavy atom. The van der Waals surface area contributed by atoms with Gasteiger partial charge in [0.05, 0.1) is 25.2 Å². The number of rotatable bonds is 12. The molecule has 2 aromatic carbocycles. The van der Waals surface area contributed by atoms with Crippen molar-refractivity contribution in [3.05, 3.63) is 57.1 Å². The lowest BCUT2D eigenvalue weighted by atomic mass is 9.88. The zero-order valence-corrected chi connectivity index (χ0v) is 22.0. The van der Waals surface area contributed by atoms with Crippen LogP contribution >= 0.6 is 0 Å². The molecule has 0 fully saturated rings. The van der Waals surface area contributed by atoms with Crippen molar-refractivity contribution in [3.8, 4) is 17.2 Å². The van der Waals surface area contributed by atoms with Crippen molar-refractivity contribution in [1.29, 1.82) is 0 Å². The minimum Gasteiger partial charge on any atom is -0.490 e. The van der Waals surface area contributed by atoms with Gasteiger partial charge in [-0.1, -0.05) is 39.8 Å². The van der Waals surface area contributed by atoms with Gasteiger partial charge in [-0.2, -0.15) is 0 Å². The van der Waals surface area contributed by atoms with Gasteiger partial charge in [-0.25, -0.2) is 0 Å². The van der Waals surface area contributed by atoms with Crippen molar-refractivity contribution in [3.63, 3.8) is 0 Å². The van der Waals surface area contributed by atoms with E-state index in [0.717, 1.165) is 16.7 Å². The lowest BCUT2D eigenvalue weighted by Crippen LogP contribution is -2.30. The predicted octanol–water partition coefficient (Wildman–Crippen LogP) is 5.93. The first kappa shape index (κ1) is 28.6. The number of nitro groups is 1. The zero-order chi connectivity index (χ0) is 27.0. The van der Waals surface area contributed by atoms with Gasteiger partial charge in [0.1, 0.15) is 11.5 Å². The first-order chi connectivity index (χ1) is 17.0. The number of carbonyl (C=O) groups excluding carboxylic acids is 2. The number of nitrogens with zero attached hydrogens (tertiary/aromatic N) is 1. The largest absolute Gasteiger partial charge is 0.490 e. The average molecular weight is 502 g/mol. The van der Waals surface area contributed by atoms with Gasteiger partial charge in [0.25, 0.3) is 0 Å². The number of nitro benzene ring substituents is 1. The van der Waals surface area contributed by atoms with Gasteiger partial charge in [-0.15, -0.1) is 0 Å². The van der Waals surface area contributed by atoms with Crippen molar-refractivity contribution in [2.24, 2.45) is 5.92 Å². The fourth-order valence-electron chi connectivity index (χ4n) is 3.81. The zero-order valence-electron chi connectivity index (χ0n) is 22.0. The molecule has 0 radical (unpaired) electrons. The molecule has 0 bridgehead atoms. The molecular formula is C27H35NO8. The second-order valence-electron chi connectivity index (χ2n) is 8.87. The van der Waals surface area contributed by atoms with Crippen LogP contribution in [0.3, 0.4) is 0 Å². The molecule has 0 spiro atoms. The van der Waals surface area contributed by atoms with Crippen molar-refractivity contribution in [1.82, 2.24) is 0 Å². The summed E-state index contributed by atoms with van der Waals surface area (Å²) in [5, 5.41) is 11.3. The molecule has 0 aliphatic heterocycles. The quantitative estimate of drug-likeness (QED) is 0.152. The molecule has 0 heterocycles. The Bertz CT molecular complexity index is 1050. The average Bonchev–Trinajstić information content (AvgIpc) is 2.82. The van der Waals surface area contributed by atoms with Crippen LogP contribution in [0.1, 0.15) is 70.1 Å². The van der Waals surface area contributed by atoms with Crippen molar-refractivity contribution < 1.29 is 33.5 Å². The molecule has 2 aromatic rings. The second kappa shape index (κ2) is 12.9. The summed E-state index contributed by atoms with van der Waals surface area (Å²) in [5.41, 5.74) is 2.37. The maximum absolute atomic E-state index is 12.5. The Labute approximate surface area is 211 Å². The minimum absolute atomic E-state index is 0.0426. The Kier molecular flexibility index (Phi) is 10.3. The van der Waals surface area contributed by atoms with Crippen LogP contribution in [-0.2, 0) is 25.5 Å². The van der Waals surface area contributed by atoms with E-state index in [1.54, 1.807) is 13.8 Å². The summed E-state index contributed by atoms with van der Waals surface area (Å²) < 4.78 is 21.7. The smallest absolute Gasteiger partial charge is 0.320 e. The first-order valence-corrected chi connectivity index (χ1v) is 12.0. The van der Waals surface area contributed by atoms with Crippen LogP contribution in [0.15, 0.2) is 30.3 Å². The van der Waals surface area contributed by atoms with Crippen molar-refractivity contribution in [2.45, 2.75) is 59.8 Å². The van der Waals surface area contributed by atoms with Gasteiger partial charge in [-0.3, -0.25) is 19.7 Å². The minimum atomic E-state index is -1.07. The highest BCUT2D eigenvalue weighted by Crippen LogP contribution is 2.41. The van der Waals surface area contributed by atoms with Crippen LogP contribution in [-0.4, -0.2) is 37.2 Å². The van der Waals surface area contributed by atoms with E-state index >= 15 is 0 Å². The van der Waals surface area contributed by atoms with Crippen LogP contribution in [0.25, 0.3) is 0 Å². The first-order valence-electron chi connectivity index (χ1n) is 12.0. The summed E-state index contributed by atoms with van der Waals surface area (Å²) in [4.78, 5) is 35.8. The summed E-state index contributed by atoms with van der Waals surface area (Å²) in [6, 6.07) is 8.19. The standard InChI is InChI=1S/C27H35NO8/c1-8-34-26(29)22(27(30)35-9-2)14-18-12-20(16(3)4)25(21(13-18)17(5)6)36-19-10-11-23(28(31)32)24(15-19)33-7/h10-13,15-17,22H,8-9,14H2,1-7H3. The molecule has 0 aliphatic rings. The number of hydrogen-bond acceptors (Lipinski definition) is 8. The van der Waals surface area contributed by atoms with E-state index in [-0.39, 0.29) is 42.9 Å². The topological polar surface area (TPSA) is 114 Å². The molecule has 36 heavy (non-hydrogen) atoms. The molecule has 196 valence electrons. The van der Waals surface area contributed by atoms with Crippen LogP contribution in [0.2, 0.25) is 0 Å². The Morgan fingerprint density at radius 2 is 1.44 bits per heavy atom. The number of benzene rings is 2. The molecule has 0 unspecified atom stereocenters. The van der Waals surface area contributed by atoms with E-state index < -0.39 is 22.8 Å². The molecule has 0 aromatic heterocycles. The van der Waals surface area contributed by atoms with Gasteiger partial charge in [-0.05, 0) is 54.9 Å². The van der Waals surface area contributed by atoms with Gasteiger partial charge < -0.3 is 18.9 Å². The Balaban J connectivity index is 2.56. The molecule has 9 heteroatoms. The number of methoxy groups -OCH3 is 1. The number of esters is 2. The summed E-state index contributed by atoms with van der Waals surface area (Å²) >= 11 is 0. The molecule has 0 saturated heterocycles. The summed E-state index contributed by atoms with van der Waals surface area (Å²) in [6.07, 6.45) is 0.128. The molecule has 0 aliphatic carbocycles.